The van der Waals surface area contributed by atoms with Crippen LogP contribution < -0.4 is 10.2 Å². The van der Waals surface area contributed by atoms with Crippen LogP contribution in [0.4, 0.5) is 5.69 Å². The number of benzene rings is 2. The van der Waals surface area contributed by atoms with Crippen molar-refractivity contribution >= 4 is 17.3 Å². The van der Waals surface area contributed by atoms with Gasteiger partial charge >= 0.3 is 0 Å². The van der Waals surface area contributed by atoms with Crippen molar-refractivity contribution in [2.75, 3.05) is 37.7 Å². The van der Waals surface area contributed by atoms with E-state index < -0.39 is 0 Å². The van der Waals surface area contributed by atoms with Crippen molar-refractivity contribution in [1.29, 1.82) is 5.26 Å². The van der Waals surface area contributed by atoms with E-state index in [0.29, 0.717) is 10.6 Å². The second-order valence-corrected chi connectivity index (χ2v) is 7.31. The topological polar surface area (TPSA) is 48.3 Å². The second-order valence-electron chi connectivity index (χ2n) is 6.90. The lowest BCUT2D eigenvalue weighted by Crippen LogP contribution is -2.39. The van der Waals surface area contributed by atoms with Gasteiger partial charge < -0.3 is 15.0 Å². The van der Waals surface area contributed by atoms with Crippen LogP contribution in [0.5, 0.6) is 0 Å². The molecule has 0 saturated carbocycles. The molecule has 1 N–H and O–H groups in total. The highest BCUT2D eigenvalue weighted by Crippen LogP contribution is 2.36. The van der Waals surface area contributed by atoms with Crippen LogP contribution in [-0.4, -0.2) is 38.9 Å². The van der Waals surface area contributed by atoms with E-state index in [0.717, 1.165) is 44.8 Å². The number of nitrogens with zero attached hydrogens (tertiary/aromatic N) is 2. The van der Waals surface area contributed by atoms with E-state index in [1.54, 1.807) is 6.07 Å². The maximum Gasteiger partial charge on any atom is 0.101 e. The zero-order valence-electron chi connectivity index (χ0n) is 14.7. The van der Waals surface area contributed by atoms with Crippen LogP contribution in [0.25, 0.3) is 11.1 Å². The molecule has 0 amide bonds. The molecule has 26 heavy (non-hydrogen) atoms. The molecule has 1 atom stereocenters. The Morgan fingerprint density at radius 2 is 2.12 bits per heavy atom. The Hall–Kier alpha value is -2.06. The number of nitrogens with one attached hydrogen (secondary N) is 1. The van der Waals surface area contributed by atoms with Gasteiger partial charge in [-0.1, -0.05) is 23.7 Å². The molecule has 0 spiro atoms. The number of rotatable bonds is 4. The number of hydrogen-bond donors (Lipinski definition) is 1. The summed E-state index contributed by atoms with van der Waals surface area (Å²) in [7, 11) is 0. The van der Waals surface area contributed by atoms with Gasteiger partial charge in [-0.15, -0.1) is 0 Å². The summed E-state index contributed by atoms with van der Waals surface area (Å²) in [6.45, 7) is 4.78. The van der Waals surface area contributed by atoms with Crippen LogP contribution in [0.1, 0.15) is 17.5 Å². The van der Waals surface area contributed by atoms with E-state index >= 15 is 0 Å². The zero-order valence-corrected chi connectivity index (χ0v) is 15.4. The third kappa shape index (κ3) is 3.57. The molecule has 2 aliphatic heterocycles. The SMILES string of the molecule is N#Cc1ccc(-c2cc(CC3CNCCO3)ccc2N2CCC2)cc1Cl. The average Bonchev–Trinajstić information content (AvgIpc) is 2.62. The Morgan fingerprint density at radius 1 is 1.23 bits per heavy atom. The molecule has 0 aliphatic carbocycles. The van der Waals surface area contributed by atoms with Crippen LogP contribution in [-0.2, 0) is 11.2 Å². The monoisotopic (exact) mass is 367 g/mol. The molecule has 2 saturated heterocycles. The Bertz CT molecular complexity index is 836. The Kier molecular flexibility index (Phi) is 5.12. The van der Waals surface area contributed by atoms with E-state index in [1.165, 1.54) is 23.2 Å². The summed E-state index contributed by atoms with van der Waals surface area (Å²) < 4.78 is 5.86. The molecule has 0 aromatic heterocycles. The Balaban J connectivity index is 1.68. The van der Waals surface area contributed by atoms with E-state index in [-0.39, 0.29) is 6.10 Å². The fraction of sp³-hybridized carbons (Fsp3) is 0.381. The van der Waals surface area contributed by atoms with Crippen molar-refractivity contribution in [3.8, 4) is 17.2 Å². The maximum atomic E-state index is 9.13. The molecule has 2 heterocycles. The molecule has 2 fully saturated rings. The minimum Gasteiger partial charge on any atom is -0.375 e. The van der Waals surface area contributed by atoms with Gasteiger partial charge in [0.2, 0.25) is 0 Å². The van der Waals surface area contributed by atoms with Crippen molar-refractivity contribution in [2.45, 2.75) is 18.9 Å². The van der Waals surface area contributed by atoms with E-state index in [4.69, 9.17) is 21.6 Å². The predicted octanol–water partition coefficient (Wildman–Crippen LogP) is 3.62. The van der Waals surface area contributed by atoms with Gasteiger partial charge in [0.25, 0.3) is 0 Å². The first-order valence-corrected chi connectivity index (χ1v) is 9.52. The predicted molar refractivity (Wildman–Crippen MR) is 105 cm³/mol. The van der Waals surface area contributed by atoms with Gasteiger partial charge in [-0.3, -0.25) is 0 Å². The lowest BCUT2D eigenvalue weighted by Gasteiger charge is -2.35. The number of morpholine rings is 1. The fourth-order valence-corrected chi connectivity index (χ4v) is 3.78. The van der Waals surface area contributed by atoms with Crippen LogP contribution in [0.15, 0.2) is 36.4 Å². The molecule has 2 aliphatic rings. The minimum atomic E-state index is 0.219. The highest BCUT2D eigenvalue weighted by atomic mass is 35.5. The van der Waals surface area contributed by atoms with Crippen LogP contribution >= 0.6 is 11.6 Å². The van der Waals surface area contributed by atoms with Gasteiger partial charge in [-0.25, -0.2) is 0 Å². The molecular weight excluding hydrogens is 346 g/mol. The number of halogens is 1. The lowest BCUT2D eigenvalue weighted by atomic mass is 9.95. The molecule has 0 radical (unpaired) electrons. The summed E-state index contributed by atoms with van der Waals surface area (Å²) in [6.07, 6.45) is 2.34. The van der Waals surface area contributed by atoms with Crippen molar-refractivity contribution < 1.29 is 4.74 Å². The molecule has 134 valence electrons. The molecule has 1 unspecified atom stereocenters. The molecular formula is C21H22ClN3O. The summed E-state index contributed by atoms with van der Waals surface area (Å²) in [5.74, 6) is 0. The standard InChI is InChI=1S/C21H22ClN3O/c22-20-12-16(3-4-17(20)13-23)19-11-15(10-18-14-24-6-9-26-18)2-5-21(19)25-7-1-8-25/h2-5,11-12,18,24H,1,6-10,14H2. The second kappa shape index (κ2) is 7.67. The molecule has 0 bridgehead atoms. The van der Waals surface area contributed by atoms with Gasteiger partial charge in [0, 0.05) is 37.4 Å². The van der Waals surface area contributed by atoms with Crippen molar-refractivity contribution in [2.24, 2.45) is 0 Å². The smallest absolute Gasteiger partial charge is 0.101 e. The fourth-order valence-electron chi connectivity index (χ4n) is 3.56. The quantitative estimate of drug-likeness (QED) is 0.896. The summed E-state index contributed by atoms with van der Waals surface area (Å²) in [5, 5.41) is 13.0. The van der Waals surface area contributed by atoms with Gasteiger partial charge in [0.15, 0.2) is 0 Å². The van der Waals surface area contributed by atoms with Crippen molar-refractivity contribution in [3.63, 3.8) is 0 Å². The van der Waals surface area contributed by atoms with Crippen LogP contribution in [0.2, 0.25) is 5.02 Å². The van der Waals surface area contributed by atoms with E-state index in [9.17, 15) is 0 Å². The highest BCUT2D eigenvalue weighted by Gasteiger charge is 2.20. The molecule has 2 aromatic rings. The molecule has 4 rings (SSSR count). The highest BCUT2D eigenvalue weighted by molar-refractivity contribution is 6.32. The summed E-state index contributed by atoms with van der Waals surface area (Å²) >= 11 is 6.29. The van der Waals surface area contributed by atoms with E-state index in [1.807, 2.05) is 12.1 Å². The first-order valence-electron chi connectivity index (χ1n) is 9.15. The van der Waals surface area contributed by atoms with Gasteiger partial charge in [-0.2, -0.15) is 5.26 Å². The molecule has 5 heteroatoms. The molecule has 2 aromatic carbocycles. The third-order valence-corrected chi connectivity index (χ3v) is 5.44. The van der Waals surface area contributed by atoms with Gasteiger partial charge in [-0.05, 0) is 48.2 Å². The van der Waals surface area contributed by atoms with Crippen LogP contribution in [0, 0.1) is 11.3 Å². The van der Waals surface area contributed by atoms with Crippen LogP contribution in [0.3, 0.4) is 0 Å². The largest absolute Gasteiger partial charge is 0.375 e. The van der Waals surface area contributed by atoms with Crippen molar-refractivity contribution in [3.05, 3.63) is 52.5 Å². The summed E-state index contributed by atoms with van der Waals surface area (Å²) in [5.41, 5.74) is 5.25. The maximum absolute atomic E-state index is 9.13. The third-order valence-electron chi connectivity index (χ3n) is 5.13. The zero-order chi connectivity index (χ0) is 17.9. The van der Waals surface area contributed by atoms with E-state index in [2.05, 4.69) is 34.5 Å². The van der Waals surface area contributed by atoms with Gasteiger partial charge in [0.1, 0.15) is 6.07 Å². The average molecular weight is 368 g/mol. The number of ether oxygens (including phenoxy) is 1. The minimum absolute atomic E-state index is 0.219. The number of anilines is 1. The Labute approximate surface area is 159 Å². The Morgan fingerprint density at radius 3 is 2.77 bits per heavy atom. The first kappa shape index (κ1) is 17.4. The number of hydrogen-bond acceptors (Lipinski definition) is 4. The summed E-state index contributed by atoms with van der Waals surface area (Å²) in [4.78, 5) is 2.39. The van der Waals surface area contributed by atoms with Gasteiger partial charge in [0.05, 0.1) is 23.3 Å². The summed E-state index contributed by atoms with van der Waals surface area (Å²) in [6, 6.07) is 14.5. The lowest BCUT2D eigenvalue weighted by molar-refractivity contribution is 0.0292. The first-order chi connectivity index (χ1) is 12.7. The number of nitriles is 1. The molecule has 4 nitrogen and oxygen atoms in total. The normalized spacial score (nSPS) is 19.7. The van der Waals surface area contributed by atoms with Crippen molar-refractivity contribution in [1.82, 2.24) is 5.32 Å².